The molecule has 2 aliphatic rings. The van der Waals surface area contributed by atoms with Crippen molar-refractivity contribution in [1.82, 2.24) is 5.32 Å². The van der Waals surface area contributed by atoms with E-state index in [0.29, 0.717) is 0 Å². The summed E-state index contributed by atoms with van der Waals surface area (Å²) in [7, 11) is 0. The SMILES string of the molecule is O=C(Cl)NCCC1CC2CCC1C2. The maximum atomic E-state index is 10.4. The molecule has 0 aromatic heterocycles. The standard InChI is InChI=1S/C10H16ClNO/c11-10(13)12-4-3-9-6-7-1-2-8(9)5-7/h7-9H,1-6H2,(H,12,13). The summed E-state index contributed by atoms with van der Waals surface area (Å²) in [4.78, 5) is 10.4. The number of rotatable bonds is 3. The molecule has 1 amide bonds. The Kier molecular flexibility index (Phi) is 2.77. The quantitative estimate of drug-likeness (QED) is 0.552. The van der Waals surface area contributed by atoms with E-state index in [1.807, 2.05) is 0 Å². The number of nitrogens with one attached hydrogen (secondary N) is 1. The third kappa shape index (κ3) is 2.16. The largest absolute Gasteiger partial charge is 0.343 e. The Morgan fingerprint density at radius 3 is 2.77 bits per heavy atom. The van der Waals surface area contributed by atoms with Gasteiger partial charge in [-0.25, -0.2) is 0 Å². The monoisotopic (exact) mass is 201 g/mol. The summed E-state index contributed by atoms with van der Waals surface area (Å²) >= 11 is 5.19. The number of fused-ring (bicyclic) bond motifs is 2. The van der Waals surface area contributed by atoms with Crippen LogP contribution in [0.2, 0.25) is 0 Å². The summed E-state index contributed by atoms with van der Waals surface area (Å²) < 4.78 is 0. The van der Waals surface area contributed by atoms with E-state index < -0.39 is 5.37 Å². The van der Waals surface area contributed by atoms with Gasteiger partial charge in [0.2, 0.25) is 0 Å². The lowest BCUT2D eigenvalue weighted by molar-refractivity contribution is 0.256. The maximum Gasteiger partial charge on any atom is 0.313 e. The molecule has 74 valence electrons. The highest BCUT2D eigenvalue weighted by Gasteiger charge is 2.38. The van der Waals surface area contributed by atoms with Crippen molar-refractivity contribution in [2.75, 3.05) is 6.54 Å². The predicted octanol–water partition coefficient (Wildman–Crippen LogP) is 2.76. The molecule has 0 aromatic carbocycles. The van der Waals surface area contributed by atoms with Gasteiger partial charge in [0.05, 0.1) is 0 Å². The molecular weight excluding hydrogens is 186 g/mol. The Hall–Kier alpha value is -0.240. The molecule has 2 saturated carbocycles. The summed E-state index contributed by atoms with van der Waals surface area (Å²) in [5.74, 6) is 2.82. The Labute approximate surface area is 84.0 Å². The molecule has 0 spiro atoms. The van der Waals surface area contributed by atoms with Crippen molar-refractivity contribution in [2.45, 2.75) is 32.1 Å². The van der Waals surface area contributed by atoms with Gasteiger partial charge in [-0.2, -0.15) is 0 Å². The van der Waals surface area contributed by atoms with Crippen LogP contribution in [-0.2, 0) is 0 Å². The van der Waals surface area contributed by atoms with Crippen molar-refractivity contribution >= 4 is 17.0 Å². The van der Waals surface area contributed by atoms with Crippen molar-refractivity contribution in [3.8, 4) is 0 Å². The Bertz CT molecular complexity index is 207. The van der Waals surface area contributed by atoms with Gasteiger partial charge in [-0.15, -0.1) is 0 Å². The molecule has 0 aromatic rings. The zero-order valence-electron chi connectivity index (χ0n) is 7.76. The van der Waals surface area contributed by atoms with Gasteiger partial charge in [0.1, 0.15) is 0 Å². The van der Waals surface area contributed by atoms with E-state index >= 15 is 0 Å². The zero-order chi connectivity index (χ0) is 9.26. The van der Waals surface area contributed by atoms with Gasteiger partial charge in [-0.05, 0) is 55.0 Å². The molecular formula is C10H16ClNO. The van der Waals surface area contributed by atoms with Gasteiger partial charge >= 0.3 is 5.37 Å². The van der Waals surface area contributed by atoms with Crippen molar-refractivity contribution in [2.24, 2.45) is 17.8 Å². The highest BCUT2D eigenvalue weighted by molar-refractivity contribution is 6.62. The van der Waals surface area contributed by atoms with E-state index in [2.05, 4.69) is 5.32 Å². The van der Waals surface area contributed by atoms with Gasteiger partial charge in [0, 0.05) is 6.54 Å². The molecule has 2 aliphatic carbocycles. The van der Waals surface area contributed by atoms with Crippen LogP contribution < -0.4 is 5.32 Å². The molecule has 0 heterocycles. The van der Waals surface area contributed by atoms with Crippen LogP contribution in [0.15, 0.2) is 0 Å². The zero-order valence-corrected chi connectivity index (χ0v) is 8.52. The molecule has 3 heteroatoms. The second-order valence-corrected chi connectivity index (χ2v) is 4.77. The molecule has 13 heavy (non-hydrogen) atoms. The van der Waals surface area contributed by atoms with Crippen LogP contribution in [0.3, 0.4) is 0 Å². The minimum Gasteiger partial charge on any atom is -0.343 e. The van der Waals surface area contributed by atoms with Gasteiger partial charge in [-0.3, -0.25) is 4.79 Å². The molecule has 0 aliphatic heterocycles. The van der Waals surface area contributed by atoms with Crippen molar-refractivity contribution in [1.29, 1.82) is 0 Å². The van der Waals surface area contributed by atoms with E-state index in [4.69, 9.17) is 11.6 Å². The number of carbonyl (C=O) groups excluding carboxylic acids is 1. The van der Waals surface area contributed by atoms with Crippen LogP contribution in [0.1, 0.15) is 32.1 Å². The van der Waals surface area contributed by atoms with Crippen LogP contribution in [0, 0.1) is 17.8 Å². The minimum absolute atomic E-state index is 0.414. The first-order chi connectivity index (χ1) is 6.25. The minimum atomic E-state index is -0.414. The fourth-order valence-electron chi connectivity index (χ4n) is 3.09. The van der Waals surface area contributed by atoms with Crippen molar-refractivity contribution < 1.29 is 4.79 Å². The van der Waals surface area contributed by atoms with Gasteiger partial charge in [0.15, 0.2) is 0 Å². The normalized spacial score (nSPS) is 36.5. The number of hydrogen-bond acceptors (Lipinski definition) is 1. The second-order valence-electron chi connectivity index (χ2n) is 4.42. The van der Waals surface area contributed by atoms with E-state index in [1.54, 1.807) is 0 Å². The average Bonchev–Trinajstić information content (AvgIpc) is 2.64. The van der Waals surface area contributed by atoms with E-state index in [9.17, 15) is 4.79 Å². The molecule has 0 saturated heterocycles. The summed E-state index contributed by atoms with van der Waals surface area (Å²) in [6.45, 7) is 0.760. The molecule has 2 bridgehead atoms. The fraction of sp³-hybridized carbons (Fsp3) is 0.900. The molecule has 2 rings (SSSR count). The summed E-state index contributed by atoms with van der Waals surface area (Å²) in [6, 6.07) is 0. The van der Waals surface area contributed by atoms with E-state index in [-0.39, 0.29) is 0 Å². The Morgan fingerprint density at radius 1 is 1.38 bits per heavy atom. The lowest BCUT2D eigenvalue weighted by Gasteiger charge is -2.21. The highest BCUT2D eigenvalue weighted by Crippen LogP contribution is 2.49. The second kappa shape index (κ2) is 3.87. The maximum absolute atomic E-state index is 10.4. The lowest BCUT2D eigenvalue weighted by atomic mass is 9.86. The van der Waals surface area contributed by atoms with Crippen LogP contribution in [0.5, 0.6) is 0 Å². The first kappa shape index (κ1) is 9.32. The average molecular weight is 202 g/mol. The van der Waals surface area contributed by atoms with Crippen molar-refractivity contribution in [3.05, 3.63) is 0 Å². The molecule has 2 fully saturated rings. The Morgan fingerprint density at radius 2 is 2.23 bits per heavy atom. The van der Waals surface area contributed by atoms with Gasteiger partial charge < -0.3 is 5.32 Å². The van der Waals surface area contributed by atoms with E-state index in [1.165, 1.54) is 25.7 Å². The molecule has 2 nitrogen and oxygen atoms in total. The number of carbonyl (C=O) groups is 1. The molecule has 3 unspecified atom stereocenters. The molecule has 3 atom stereocenters. The van der Waals surface area contributed by atoms with Crippen LogP contribution in [0.4, 0.5) is 4.79 Å². The van der Waals surface area contributed by atoms with Crippen LogP contribution in [-0.4, -0.2) is 11.9 Å². The summed E-state index contributed by atoms with van der Waals surface area (Å²) in [5.41, 5.74) is 0. The van der Waals surface area contributed by atoms with Crippen LogP contribution in [0.25, 0.3) is 0 Å². The highest BCUT2D eigenvalue weighted by atomic mass is 35.5. The van der Waals surface area contributed by atoms with Crippen molar-refractivity contribution in [3.63, 3.8) is 0 Å². The summed E-state index contributed by atoms with van der Waals surface area (Å²) in [6.07, 6.45) is 6.83. The topological polar surface area (TPSA) is 29.1 Å². The number of halogens is 1. The first-order valence-electron chi connectivity index (χ1n) is 5.19. The predicted molar refractivity (Wildman–Crippen MR) is 52.8 cm³/mol. The first-order valence-corrected chi connectivity index (χ1v) is 5.57. The molecule has 1 N–H and O–H groups in total. The third-order valence-corrected chi connectivity index (χ3v) is 3.80. The summed E-state index contributed by atoms with van der Waals surface area (Å²) in [5, 5.41) is 2.24. The number of amides is 1. The Balaban J connectivity index is 1.68. The van der Waals surface area contributed by atoms with Crippen LogP contribution >= 0.6 is 11.6 Å². The van der Waals surface area contributed by atoms with Gasteiger partial charge in [-0.1, -0.05) is 6.42 Å². The third-order valence-electron chi connectivity index (χ3n) is 3.66. The lowest BCUT2D eigenvalue weighted by Crippen LogP contribution is -2.22. The smallest absolute Gasteiger partial charge is 0.313 e. The van der Waals surface area contributed by atoms with E-state index in [0.717, 1.165) is 30.7 Å². The van der Waals surface area contributed by atoms with Gasteiger partial charge in [0.25, 0.3) is 0 Å². The molecule has 0 radical (unpaired) electrons. The number of hydrogen-bond donors (Lipinski definition) is 1. The fourth-order valence-corrected chi connectivity index (χ4v) is 3.18.